The minimum Gasteiger partial charge on any atom is -0.371 e. The second-order valence-corrected chi connectivity index (χ2v) is 1.65. The van der Waals surface area contributed by atoms with Gasteiger partial charge in [0.25, 0.3) is 0 Å². The zero-order valence-electron chi connectivity index (χ0n) is 5.63. The summed E-state index contributed by atoms with van der Waals surface area (Å²) >= 11 is 0. The summed E-state index contributed by atoms with van der Waals surface area (Å²) in [5.41, 5.74) is 0.546. The van der Waals surface area contributed by atoms with Crippen LogP contribution in [0.1, 0.15) is 5.69 Å². The number of terminal acetylenes is 1. The molecule has 50 valence electrons. The SMILES string of the molecule is C#Cc1nccnc1NC. The Morgan fingerprint density at radius 1 is 1.50 bits per heavy atom. The second kappa shape index (κ2) is 2.83. The van der Waals surface area contributed by atoms with Crippen LogP contribution in [0.4, 0.5) is 5.82 Å². The first-order valence-corrected chi connectivity index (χ1v) is 2.84. The molecule has 0 unspecified atom stereocenters. The molecule has 1 rings (SSSR count). The van der Waals surface area contributed by atoms with E-state index in [4.69, 9.17) is 6.42 Å². The normalized spacial score (nSPS) is 8.40. The molecule has 3 nitrogen and oxygen atoms in total. The molecule has 0 radical (unpaired) electrons. The van der Waals surface area contributed by atoms with Crippen molar-refractivity contribution in [2.45, 2.75) is 0 Å². The Morgan fingerprint density at radius 2 is 2.20 bits per heavy atom. The van der Waals surface area contributed by atoms with E-state index in [1.807, 2.05) is 0 Å². The molecule has 0 aliphatic rings. The molecule has 0 aliphatic carbocycles. The highest BCUT2D eigenvalue weighted by Crippen LogP contribution is 2.03. The van der Waals surface area contributed by atoms with Crippen molar-refractivity contribution in [1.29, 1.82) is 0 Å². The summed E-state index contributed by atoms with van der Waals surface area (Å²) in [7, 11) is 1.75. The van der Waals surface area contributed by atoms with Crippen molar-refractivity contribution < 1.29 is 0 Å². The van der Waals surface area contributed by atoms with E-state index in [1.54, 1.807) is 19.4 Å². The lowest BCUT2D eigenvalue weighted by molar-refractivity contribution is 1.16. The van der Waals surface area contributed by atoms with Gasteiger partial charge >= 0.3 is 0 Å². The number of rotatable bonds is 1. The smallest absolute Gasteiger partial charge is 0.160 e. The Balaban J connectivity index is 3.12. The third-order valence-corrected chi connectivity index (χ3v) is 1.07. The first kappa shape index (κ1) is 6.56. The topological polar surface area (TPSA) is 37.8 Å². The summed E-state index contributed by atoms with van der Waals surface area (Å²) < 4.78 is 0. The number of nitrogens with zero attached hydrogens (tertiary/aromatic N) is 2. The maximum absolute atomic E-state index is 5.13. The van der Waals surface area contributed by atoms with E-state index >= 15 is 0 Å². The van der Waals surface area contributed by atoms with Gasteiger partial charge in [-0.15, -0.1) is 6.42 Å². The lowest BCUT2D eigenvalue weighted by Gasteiger charge is -1.98. The van der Waals surface area contributed by atoms with Gasteiger partial charge in [0.15, 0.2) is 11.5 Å². The summed E-state index contributed by atoms with van der Waals surface area (Å²) in [5.74, 6) is 3.05. The molecule has 1 N–H and O–H groups in total. The van der Waals surface area contributed by atoms with Crippen molar-refractivity contribution in [3.63, 3.8) is 0 Å². The van der Waals surface area contributed by atoms with Crippen LogP contribution in [0, 0.1) is 12.3 Å². The summed E-state index contributed by atoms with van der Waals surface area (Å²) in [6, 6.07) is 0. The second-order valence-electron chi connectivity index (χ2n) is 1.65. The standard InChI is InChI=1S/C7H7N3/c1-3-6-7(8-2)10-5-4-9-6/h1,4-5H,2H3,(H,8,10). The molecule has 0 saturated heterocycles. The molecule has 0 fully saturated rings. The number of hydrogen-bond donors (Lipinski definition) is 1. The molecule has 0 aliphatic heterocycles. The minimum absolute atomic E-state index is 0.546. The van der Waals surface area contributed by atoms with Gasteiger partial charge in [0.1, 0.15) is 0 Å². The minimum atomic E-state index is 0.546. The van der Waals surface area contributed by atoms with Crippen LogP contribution in [-0.2, 0) is 0 Å². The Labute approximate surface area is 59.5 Å². The van der Waals surface area contributed by atoms with Gasteiger partial charge in [-0.2, -0.15) is 0 Å². The fraction of sp³-hybridized carbons (Fsp3) is 0.143. The van der Waals surface area contributed by atoms with E-state index in [0.717, 1.165) is 0 Å². The van der Waals surface area contributed by atoms with Crippen LogP contribution in [0.3, 0.4) is 0 Å². The van der Waals surface area contributed by atoms with E-state index in [9.17, 15) is 0 Å². The summed E-state index contributed by atoms with van der Waals surface area (Å²) in [5, 5.41) is 2.83. The summed E-state index contributed by atoms with van der Waals surface area (Å²) in [6.07, 6.45) is 8.29. The van der Waals surface area contributed by atoms with Crippen molar-refractivity contribution in [2.75, 3.05) is 12.4 Å². The molecule has 0 aromatic carbocycles. The van der Waals surface area contributed by atoms with Gasteiger partial charge in [-0.1, -0.05) is 0 Å². The fourth-order valence-electron chi connectivity index (χ4n) is 0.627. The lowest BCUT2D eigenvalue weighted by atomic mass is 10.4. The number of aromatic nitrogens is 2. The molecule has 0 saturated carbocycles. The maximum atomic E-state index is 5.13. The van der Waals surface area contributed by atoms with Crippen molar-refractivity contribution in [1.82, 2.24) is 9.97 Å². The molecule has 3 heteroatoms. The molecule has 10 heavy (non-hydrogen) atoms. The molecule has 0 atom stereocenters. The average Bonchev–Trinajstić information content (AvgIpc) is 2.04. The largest absolute Gasteiger partial charge is 0.371 e. The molecule has 1 aromatic rings. The zero-order valence-corrected chi connectivity index (χ0v) is 5.63. The van der Waals surface area contributed by atoms with Crippen molar-refractivity contribution >= 4 is 5.82 Å². The first-order chi connectivity index (χ1) is 4.88. The predicted octanol–water partition coefficient (Wildman–Crippen LogP) is 0.500. The van der Waals surface area contributed by atoms with Crippen molar-refractivity contribution in [3.8, 4) is 12.3 Å². The van der Waals surface area contributed by atoms with Gasteiger partial charge in [-0.3, -0.25) is 0 Å². The number of hydrogen-bond acceptors (Lipinski definition) is 3. The van der Waals surface area contributed by atoms with Crippen LogP contribution in [0.25, 0.3) is 0 Å². The Morgan fingerprint density at radius 3 is 2.70 bits per heavy atom. The average molecular weight is 133 g/mol. The van der Waals surface area contributed by atoms with Gasteiger partial charge < -0.3 is 5.32 Å². The third-order valence-electron chi connectivity index (χ3n) is 1.07. The zero-order chi connectivity index (χ0) is 7.40. The number of anilines is 1. The predicted molar refractivity (Wildman–Crippen MR) is 39.5 cm³/mol. The molecule has 0 amide bonds. The molecule has 0 spiro atoms. The van der Waals surface area contributed by atoms with E-state index in [0.29, 0.717) is 11.5 Å². The Hall–Kier alpha value is -1.56. The summed E-state index contributed by atoms with van der Waals surface area (Å²) in [4.78, 5) is 7.86. The Bertz CT molecular complexity index is 262. The van der Waals surface area contributed by atoms with E-state index in [-0.39, 0.29) is 0 Å². The first-order valence-electron chi connectivity index (χ1n) is 2.84. The van der Waals surface area contributed by atoms with Gasteiger partial charge in [-0.05, 0) is 5.92 Å². The van der Waals surface area contributed by atoms with Crippen LogP contribution in [0.2, 0.25) is 0 Å². The van der Waals surface area contributed by atoms with Crippen molar-refractivity contribution in [3.05, 3.63) is 18.1 Å². The van der Waals surface area contributed by atoms with Gasteiger partial charge in [0.05, 0.1) is 0 Å². The lowest BCUT2D eigenvalue weighted by Crippen LogP contribution is -1.96. The molecular formula is C7H7N3. The maximum Gasteiger partial charge on any atom is 0.160 e. The molecule has 1 aromatic heterocycles. The van der Waals surface area contributed by atoms with E-state index in [2.05, 4.69) is 21.2 Å². The van der Waals surface area contributed by atoms with Gasteiger partial charge in [0, 0.05) is 19.4 Å². The van der Waals surface area contributed by atoms with Crippen LogP contribution in [0.15, 0.2) is 12.4 Å². The number of nitrogens with one attached hydrogen (secondary N) is 1. The van der Waals surface area contributed by atoms with Crippen LogP contribution in [0.5, 0.6) is 0 Å². The van der Waals surface area contributed by atoms with Crippen molar-refractivity contribution in [2.24, 2.45) is 0 Å². The highest BCUT2D eigenvalue weighted by atomic mass is 15.0. The molecule has 1 heterocycles. The van der Waals surface area contributed by atoms with Gasteiger partial charge in [-0.25, -0.2) is 9.97 Å². The van der Waals surface area contributed by atoms with E-state index in [1.165, 1.54) is 0 Å². The van der Waals surface area contributed by atoms with Gasteiger partial charge in [0.2, 0.25) is 0 Å². The van der Waals surface area contributed by atoms with Crippen LogP contribution < -0.4 is 5.32 Å². The third kappa shape index (κ3) is 1.06. The van der Waals surface area contributed by atoms with E-state index < -0.39 is 0 Å². The molecular weight excluding hydrogens is 126 g/mol. The Kier molecular flexibility index (Phi) is 1.86. The summed E-state index contributed by atoms with van der Waals surface area (Å²) in [6.45, 7) is 0. The van der Waals surface area contributed by atoms with Crippen LogP contribution >= 0.6 is 0 Å². The van der Waals surface area contributed by atoms with Crippen LogP contribution in [-0.4, -0.2) is 17.0 Å². The monoisotopic (exact) mass is 133 g/mol. The highest BCUT2D eigenvalue weighted by Gasteiger charge is 1.95. The molecule has 0 bridgehead atoms. The quantitative estimate of drug-likeness (QED) is 0.567. The highest BCUT2D eigenvalue weighted by molar-refractivity contribution is 5.47. The fourth-order valence-corrected chi connectivity index (χ4v) is 0.627.